The number of hydrogen-bond acceptors (Lipinski definition) is 3. The molecule has 0 N–H and O–H groups in total. The van der Waals surface area contributed by atoms with Crippen LogP contribution in [0, 0.1) is 5.92 Å². The van der Waals surface area contributed by atoms with Gasteiger partial charge >= 0.3 is 9.24 Å². The first-order chi connectivity index (χ1) is 7.82. The van der Waals surface area contributed by atoms with E-state index in [1.54, 1.807) is 25.1 Å². The van der Waals surface area contributed by atoms with Crippen molar-refractivity contribution >= 4 is 41.8 Å². The summed E-state index contributed by atoms with van der Waals surface area (Å²) in [4.78, 5) is 11.5. The van der Waals surface area contributed by atoms with Gasteiger partial charge in [-0.05, 0) is 17.7 Å². The highest BCUT2D eigenvalue weighted by molar-refractivity contribution is 9.10. The van der Waals surface area contributed by atoms with Crippen molar-refractivity contribution in [1.29, 1.82) is 0 Å². The molecule has 2 rings (SSSR count). The molecule has 2 atom stereocenters. The summed E-state index contributed by atoms with van der Waals surface area (Å²) >= 11 is 3.30. The van der Waals surface area contributed by atoms with Gasteiger partial charge < -0.3 is 0 Å². The highest BCUT2D eigenvalue weighted by Gasteiger charge is 2.51. The van der Waals surface area contributed by atoms with Crippen molar-refractivity contribution in [1.82, 2.24) is 4.31 Å². The van der Waals surface area contributed by atoms with Gasteiger partial charge in [0.2, 0.25) is 5.91 Å². The van der Waals surface area contributed by atoms with Crippen molar-refractivity contribution in [2.75, 3.05) is 0 Å². The van der Waals surface area contributed by atoms with Gasteiger partial charge in [0.15, 0.2) is 0 Å². The molecule has 1 fully saturated rings. The van der Waals surface area contributed by atoms with Crippen LogP contribution in [-0.2, 0) is 14.0 Å². The van der Waals surface area contributed by atoms with Crippen LogP contribution in [0.4, 0.5) is 0 Å². The minimum Gasteiger partial charge on any atom is -0.273 e. The Hall–Kier alpha value is -0.590. The van der Waals surface area contributed by atoms with Gasteiger partial charge in [0.1, 0.15) is 0 Å². The lowest BCUT2D eigenvalue weighted by Crippen LogP contribution is -2.54. The van der Waals surface area contributed by atoms with Gasteiger partial charge in [-0.1, -0.05) is 35.0 Å². The van der Waals surface area contributed by atoms with E-state index in [-0.39, 0.29) is 5.92 Å². The number of benzene rings is 1. The average molecular weight is 339 g/mol. The van der Waals surface area contributed by atoms with Crippen LogP contribution in [0.1, 0.15) is 18.5 Å². The van der Waals surface area contributed by atoms with Crippen molar-refractivity contribution in [3.63, 3.8) is 0 Å². The van der Waals surface area contributed by atoms with E-state index in [2.05, 4.69) is 15.9 Å². The number of carbonyl (C=O) groups is 1. The van der Waals surface area contributed by atoms with E-state index in [1.165, 1.54) is 0 Å². The number of carbonyl (C=O) groups excluding carboxylic acids is 1. The number of amides is 1. The summed E-state index contributed by atoms with van der Waals surface area (Å²) < 4.78 is 24.1. The van der Waals surface area contributed by atoms with E-state index >= 15 is 0 Å². The van der Waals surface area contributed by atoms with Gasteiger partial charge in [-0.15, -0.1) is 0 Å². The van der Waals surface area contributed by atoms with Crippen LogP contribution >= 0.6 is 26.6 Å². The summed E-state index contributed by atoms with van der Waals surface area (Å²) in [7, 11) is 1.23. The first-order valence-electron chi connectivity index (χ1n) is 4.85. The van der Waals surface area contributed by atoms with Crippen LogP contribution in [0.3, 0.4) is 0 Å². The Morgan fingerprint density at radius 3 is 2.59 bits per heavy atom. The molecule has 1 saturated heterocycles. The lowest BCUT2D eigenvalue weighted by Gasteiger charge is -2.43. The van der Waals surface area contributed by atoms with Crippen LogP contribution in [0.25, 0.3) is 0 Å². The van der Waals surface area contributed by atoms with Crippen LogP contribution in [-0.4, -0.2) is 18.6 Å². The first-order valence-corrected chi connectivity index (χ1v) is 7.91. The third-order valence-electron chi connectivity index (χ3n) is 2.76. The van der Waals surface area contributed by atoms with Gasteiger partial charge in [0, 0.05) is 15.2 Å². The second-order valence-corrected chi connectivity index (χ2v) is 7.17. The number of β-lactam (4-membered cyclic amide) rings is 1. The molecule has 0 spiro atoms. The zero-order valence-corrected chi connectivity index (χ0v) is 12.0. The van der Waals surface area contributed by atoms with Crippen molar-refractivity contribution in [3.05, 3.63) is 34.3 Å². The van der Waals surface area contributed by atoms with Crippen molar-refractivity contribution in [3.8, 4) is 0 Å². The topological polar surface area (TPSA) is 54.5 Å². The summed E-state index contributed by atoms with van der Waals surface area (Å²) in [6.07, 6.45) is 0. The second kappa shape index (κ2) is 4.26. The molecule has 0 aliphatic carbocycles. The molecular weight excluding hydrogens is 330 g/mol. The number of nitrogens with zero attached hydrogens (tertiary/aromatic N) is 1. The normalized spacial score (nSPS) is 24.6. The molecule has 1 aliphatic rings. The fourth-order valence-electron chi connectivity index (χ4n) is 1.95. The van der Waals surface area contributed by atoms with Gasteiger partial charge in [-0.25, -0.2) is 4.31 Å². The predicted octanol–water partition coefficient (Wildman–Crippen LogP) is 2.45. The van der Waals surface area contributed by atoms with Crippen LogP contribution in [0.5, 0.6) is 0 Å². The monoisotopic (exact) mass is 337 g/mol. The molecule has 17 heavy (non-hydrogen) atoms. The fraction of sp³-hybridized carbons (Fsp3) is 0.300. The predicted molar refractivity (Wildman–Crippen MR) is 67.7 cm³/mol. The zero-order chi connectivity index (χ0) is 12.8. The maximum absolute atomic E-state index is 11.5. The molecule has 1 aromatic carbocycles. The summed E-state index contributed by atoms with van der Waals surface area (Å²) in [5.41, 5.74) is 0.746. The summed E-state index contributed by atoms with van der Waals surface area (Å²) in [6, 6.07) is 6.65. The van der Waals surface area contributed by atoms with E-state index in [4.69, 9.17) is 10.7 Å². The van der Waals surface area contributed by atoms with E-state index < -0.39 is 21.2 Å². The number of rotatable bonds is 2. The maximum Gasteiger partial charge on any atom is 0.324 e. The average Bonchev–Trinajstić information content (AvgIpc) is 2.22. The lowest BCUT2D eigenvalue weighted by molar-refractivity contribution is -0.145. The molecule has 0 radical (unpaired) electrons. The molecule has 4 nitrogen and oxygen atoms in total. The molecule has 1 aromatic rings. The summed E-state index contributed by atoms with van der Waals surface area (Å²) in [6.45, 7) is 1.69. The SMILES string of the molecule is CC1C(=O)N(S(=O)(=O)Cl)C1c1cccc(Br)c1. The van der Waals surface area contributed by atoms with E-state index in [1.807, 2.05) is 6.07 Å². The Bertz CT molecular complexity index is 575. The first kappa shape index (κ1) is 12.9. The highest BCUT2D eigenvalue weighted by Crippen LogP contribution is 2.43. The summed E-state index contributed by atoms with van der Waals surface area (Å²) in [5, 5.41) is 0. The molecule has 0 bridgehead atoms. The Morgan fingerprint density at radius 2 is 2.06 bits per heavy atom. The Balaban J connectivity index is 2.42. The quantitative estimate of drug-likeness (QED) is 0.615. The number of halogens is 2. The minimum atomic E-state index is -4.02. The van der Waals surface area contributed by atoms with Gasteiger partial charge in [0.05, 0.1) is 12.0 Å². The van der Waals surface area contributed by atoms with Gasteiger partial charge in [-0.3, -0.25) is 4.79 Å². The van der Waals surface area contributed by atoms with Crippen LogP contribution in [0.15, 0.2) is 28.7 Å². The Labute approximate surface area is 112 Å². The molecule has 0 saturated carbocycles. The molecule has 7 heteroatoms. The highest BCUT2D eigenvalue weighted by atomic mass is 79.9. The third-order valence-corrected chi connectivity index (χ3v) is 4.57. The molecular formula is C10H9BrClNO3S. The molecule has 0 aromatic heterocycles. The largest absolute Gasteiger partial charge is 0.324 e. The second-order valence-electron chi connectivity index (χ2n) is 3.86. The lowest BCUT2D eigenvalue weighted by atomic mass is 9.87. The van der Waals surface area contributed by atoms with E-state index in [0.29, 0.717) is 0 Å². The fourth-order valence-corrected chi connectivity index (χ4v) is 3.79. The van der Waals surface area contributed by atoms with Gasteiger partial charge in [0.25, 0.3) is 0 Å². The minimum absolute atomic E-state index is 0.377. The molecule has 1 amide bonds. The van der Waals surface area contributed by atoms with Crippen molar-refractivity contribution in [2.45, 2.75) is 13.0 Å². The van der Waals surface area contributed by atoms with Gasteiger partial charge in [-0.2, -0.15) is 8.42 Å². The van der Waals surface area contributed by atoms with Crippen molar-refractivity contribution in [2.24, 2.45) is 5.92 Å². The smallest absolute Gasteiger partial charge is 0.273 e. The van der Waals surface area contributed by atoms with E-state index in [0.717, 1.165) is 14.3 Å². The molecule has 92 valence electrons. The van der Waals surface area contributed by atoms with Crippen LogP contribution < -0.4 is 0 Å². The zero-order valence-electron chi connectivity index (χ0n) is 8.80. The summed E-state index contributed by atoms with van der Waals surface area (Å²) in [5.74, 6) is -0.845. The Morgan fingerprint density at radius 1 is 1.41 bits per heavy atom. The molecule has 1 aliphatic heterocycles. The van der Waals surface area contributed by atoms with Crippen LogP contribution in [0.2, 0.25) is 0 Å². The molecule has 1 heterocycles. The Kier molecular flexibility index (Phi) is 3.22. The maximum atomic E-state index is 11.5. The standard InChI is InChI=1S/C10H9BrClNO3S/c1-6-9(7-3-2-4-8(11)5-7)13(10(6)14)17(12,15)16/h2-6,9H,1H3. The number of hydrogen-bond donors (Lipinski definition) is 0. The molecule has 2 unspecified atom stereocenters. The van der Waals surface area contributed by atoms with E-state index in [9.17, 15) is 13.2 Å². The van der Waals surface area contributed by atoms with Crippen molar-refractivity contribution < 1.29 is 13.2 Å². The third kappa shape index (κ3) is 2.21.